The summed E-state index contributed by atoms with van der Waals surface area (Å²) in [6.07, 6.45) is -0.0402. The van der Waals surface area contributed by atoms with Crippen LogP contribution < -0.4 is 10.6 Å². The van der Waals surface area contributed by atoms with E-state index in [0.717, 1.165) is 5.56 Å². The number of halogens is 1. The molecular formula is C21H25FN4O2. The third-order valence-electron chi connectivity index (χ3n) is 4.65. The van der Waals surface area contributed by atoms with E-state index in [1.54, 1.807) is 7.05 Å². The second-order valence-corrected chi connectivity index (χ2v) is 6.62. The highest BCUT2D eigenvalue weighted by Gasteiger charge is 2.25. The van der Waals surface area contributed by atoms with Gasteiger partial charge in [-0.25, -0.2) is 4.39 Å². The number of anilines is 1. The lowest BCUT2D eigenvalue weighted by Crippen LogP contribution is -2.49. The van der Waals surface area contributed by atoms with Crippen molar-refractivity contribution in [1.82, 2.24) is 10.2 Å². The van der Waals surface area contributed by atoms with Gasteiger partial charge in [-0.05, 0) is 42.3 Å². The van der Waals surface area contributed by atoms with Gasteiger partial charge in [0, 0.05) is 19.3 Å². The fourth-order valence-electron chi connectivity index (χ4n) is 3.21. The Bertz CT molecular complexity index is 839. The van der Waals surface area contributed by atoms with E-state index >= 15 is 0 Å². The normalized spacial score (nSPS) is 17.3. The van der Waals surface area contributed by atoms with Crippen molar-refractivity contribution >= 4 is 17.6 Å². The molecule has 0 spiro atoms. The van der Waals surface area contributed by atoms with Crippen LogP contribution >= 0.6 is 0 Å². The van der Waals surface area contributed by atoms with E-state index in [0.29, 0.717) is 31.3 Å². The standard InChI is InChI=1S/C21H25FN4O2/c1-15-5-3-4-6-18(15)19-14-26(11-12-28-19)21(23-2)24-13-20(27)25-17-9-7-16(22)8-10-17/h3-10,19H,11-14H2,1-2H3,(H,23,24)(H,25,27). The highest BCUT2D eigenvalue weighted by molar-refractivity contribution is 5.95. The maximum atomic E-state index is 13.0. The van der Waals surface area contributed by atoms with Crippen molar-refractivity contribution in [2.24, 2.45) is 4.99 Å². The minimum absolute atomic E-state index is 0.0402. The molecule has 0 aliphatic carbocycles. The van der Waals surface area contributed by atoms with Crippen LogP contribution in [-0.2, 0) is 9.53 Å². The number of aryl methyl sites for hydroxylation is 1. The number of carbonyl (C=O) groups is 1. The monoisotopic (exact) mass is 384 g/mol. The van der Waals surface area contributed by atoms with Crippen LogP contribution in [-0.4, -0.2) is 50.1 Å². The molecular weight excluding hydrogens is 359 g/mol. The van der Waals surface area contributed by atoms with Crippen molar-refractivity contribution in [3.63, 3.8) is 0 Å². The zero-order chi connectivity index (χ0) is 19.9. The van der Waals surface area contributed by atoms with Crippen LogP contribution in [0.25, 0.3) is 0 Å². The van der Waals surface area contributed by atoms with Gasteiger partial charge in [-0.1, -0.05) is 24.3 Å². The summed E-state index contributed by atoms with van der Waals surface area (Å²) < 4.78 is 18.9. The van der Waals surface area contributed by atoms with E-state index in [-0.39, 0.29) is 24.4 Å². The van der Waals surface area contributed by atoms with Crippen LogP contribution in [0, 0.1) is 12.7 Å². The SMILES string of the molecule is CN=C(NCC(=O)Nc1ccc(F)cc1)N1CCOC(c2ccccc2C)C1. The molecule has 1 unspecified atom stereocenters. The first-order chi connectivity index (χ1) is 13.6. The summed E-state index contributed by atoms with van der Waals surface area (Å²) in [6.45, 7) is 4.08. The lowest BCUT2D eigenvalue weighted by molar-refractivity contribution is -0.115. The molecule has 1 aliphatic rings. The van der Waals surface area contributed by atoms with Gasteiger partial charge < -0.3 is 20.3 Å². The lowest BCUT2D eigenvalue weighted by atomic mass is 10.0. The Balaban J connectivity index is 1.56. The van der Waals surface area contributed by atoms with Crippen molar-refractivity contribution in [1.29, 1.82) is 0 Å². The fraction of sp³-hybridized carbons (Fsp3) is 0.333. The molecule has 2 aromatic carbocycles. The number of guanidine groups is 1. The predicted molar refractivity (Wildman–Crippen MR) is 108 cm³/mol. The Morgan fingerprint density at radius 1 is 1.25 bits per heavy atom. The Morgan fingerprint density at radius 2 is 2.00 bits per heavy atom. The maximum Gasteiger partial charge on any atom is 0.243 e. The van der Waals surface area contributed by atoms with E-state index in [4.69, 9.17) is 4.74 Å². The summed E-state index contributed by atoms with van der Waals surface area (Å²) in [4.78, 5) is 18.6. The van der Waals surface area contributed by atoms with Crippen molar-refractivity contribution in [2.45, 2.75) is 13.0 Å². The zero-order valence-corrected chi connectivity index (χ0v) is 16.1. The van der Waals surface area contributed by atoms with Crippen LogP contribution in [0.4, 0.5) is 10.1 Å². The fourth-order valence-corrected chi connectivity index (χ4v) is 3.21. The molecule has 1 aliphatic heterocycles. The van der Waals surface area contributed by atoms with Crippen LogP contribution in [0.5, 0.6) is 0 Å². The number of hydrogen-bond donors (Lipinski definition) is 2. The molecule has 0 saturated carbocycles. The summed E-state index contributed by atoms with van der Waals surface area (Å²) in [7, 11) is 1.69. The molecule has 0 aromatic heterocycles. The summed E-state index contributed by atoms with van der Waals surface area (Å²) in [5, 5.41) is 5.82. The topological polar surface area (TPSA) is 66.0 Å². The number of benzene rings is 2. The molecule has 28 heavy (non-hydrogen) atoms. The van der Waals surface area contributed by atoms with Crippen molar-refractivity contribution in [3.8, 4) is 0 Å². The molecule has 1 heterocycles. The van der Waals surface area contributed by atoms with Gasteiger partial charge in [0.25, 0.3) is 0 Å². The van der Waals surface area contributed by atoms with E-state index < -0.39 is 0 Å². The largest absolute Gasteiger partial charge is 0.370 e. The van der Waals surface area contributed by atoms with E-state index in [2.05, 4.69) is 39.6 Å². The van der Waals surface area contributed by atoms with Gasteiger partial charge in [-0.3, -0.25) is 9.79 Å². The average molecular weight is 384 g/mol. The number of morpholine rings is 1. The second kappa shape index (κ2) is 9.32. The number of nitrogens with one attached hydrogen (secondary N) is 2. The first-order valence-electron chi connectivity index (χ1n) is 9.25. The van der Waals surface area contributed by atoms with Gasteiger partial charge in [0.05, 0.1) is 19.7 Å². The molecule has 2 aromatic rings. The van der Waals surface area contributed by atoms with Gasteiger partial charge in [-0.2, -0.15) is 0 Å². The summed E-state index contributed by atoms with van der Waals surface area (Å²) in [5.41, 5.74) is 2.90. The van der Waals surface area contributed by atoms with Crippen LogP contribution in [0.15, 0.2) is 53.5 Å². The molecule has 0 bridgehead atoms. The van der Waals surface area contributed by atoms with Crippen molar-refractivity contribution in [3.05, 3.63) is 65.5 Å². The first kappa shape index (κ1) is 19.8. The van der Waals surface area contributed by atoms with Gasteiger partial charge in [-0.15, -0.1) is 0 Å². The number of nitrogens with zero attached hydrogens (tertiary/aromatic N) is 2. The van der Waals surface area contributed by atoms with Gasteiger partial charge in [0.1, 0.15) is 11.9 Å². The molecule has 1 amide bonds. The third-order valence-corrected chi connectivity index (χ3v) is 4.65. The third kappa shape index (κ3) is 5.07. The number of ether oxygens (including phenoxy) is 1. The maximum absolute atomic E-state index is 13.0. The number of aliphatic imine (C=N–C) groups is 1. The number of hydrogen-bond acceptors (Lipinski definition) is 3. The number of rotatable bonds is 4. The van der Waals surface area contributed by atoms with Crippen LogP contribution in [0.2, 0.25) is 0 Å². The van der Waals surface area contributed by atoms with Gasteiger partial charge >= 0.3 is 0 Å². The van der Waals surface area contributed by atoms with Crippen LogP contribution in [0.3, 0.4) is 0 Å². The van der Waals surface area contributed by atoms with Crippen LogP contribution in [0.1, 0.15) is 17.2 Å². The molecule has 0 radical (unpaired) electrons. The molecule has 1 atom stereocenters. The van der Waals surface area contributed by atoms with E-state index in [1.165, 1.54) is 29.8 Å². The molecule has 7 heteroatoms. The molecule has 1 fully saturated rings. The molecule has 3 rings (SSSR count). The highest BCUT2D eigenvalue weighted by Crippen LogP contribution is 2.24. The molecule has 1 saturated heterocycles. The van der Waals surface area contributed by atoms with Gasteiger partial charge in [0.2, 0.25) is 5.91 Å². The second-order valence-electron chi connectivity index (χ2n) is 6.62. The smallest absolute Gasteiger partial charge is 0.243 e. The zero-order valence-electron chi connectivity index (χ0n) is 16.1. The van der Waals surface area contributed by atoms with Gasteiger partial charge in [0.15, 0.2) is 5.96 Å². The number of amides is 1. The minimum atomic E-state index is -0.341. The van der Waals surface area contributed by atoms with Crippen molar-refractivity contribution in [2.75, 3.05) is 38.6 Å². The Hall–Kier alpha value is -2.93. The summed E-state index contributed by atoms with van der Waals surface area (Å²) >= 11 is 0. The Morgan fingerprint density at radius 3 is 2.71 bits per heavy atom. The summed E-state index contributed by atoms with van der Waals surface area (Å²) in [5.74, 6) is 0.0830. The molecule has 2 N–H and O–H groups in total. The molecule has 6 nitrogen and oxygen atoms in total. The average Bonchev–Trinajstić information content (AvgIpc) is 2.71. The number of carbonyl (C=O) groups excluding carboxylic acids is 1. The highest BCUT2D eigenvalue weighted by atomic mass is 19.1. The predicted octanol–water partition coefficient (Wildman–Crippen LogP) is 2.72. The van der Waals surface area contributed by atoms with E-state index in [9.17, 15) is 9.18 Å². The Labute approximate surface area is 164 Å². The summed E-state index contributed by atoms with van der Waals surface area (Å²) in [6, 6.07) is 13.8. The molecule has 148 valence electrons. The first-order valence-corrected chi connectivity index (χ1v) is 9.25. The van der Waals surface area contributed by atoms with E-state index in [1.807, 2.05) is 12.1 Å². The lowest BCUT2D eigenvalue weighted by Gasteiger charge is -2.35. The quantitative estimate of drug-likeness (QED) is 0.628. The van der Waals surface area contributed by atoms with Crippen molar-refractivity contribution < 1.29 is 13.9 Å². The minimum Gasteiger partial charge on any atom is -0.370 e. The Kier molecular flexibility index (Phi) is 6.60.